The number of nitrogens with one attached hydrogen (secondary N) is 1. The number of hydrogen-bond donors (Lipinski definition) is 1. The van der Waals surface area contributed by atoms with Gasteiger partial charge in [-0.3, -0.25) is 4.79 Å². The minimum atomic E-state index is -0.0953. The minimum absolute atomic E-state index is 0.0953. The molecule has 0 unspecified atom stereocenters. The van der Waals surface area contributed by atoms with Crippen molar-refractivity contribution in [3.05, 3.63) is 58.7 Å². The zero-order valence-corrected chi connectivity index (χ0v) is 16.4. The first-order valence-corrected chi connectivity index (χ1v) is 9.58. The van der Waals surface area contributed by atoms with Crippen molar-refractivity contribution < 1.29 is 13.9 Å². The van der Waals surface area contributed by atoms with Gasteiger partial charge in [0.1, 0.15) is 18.1 Å². The summed E-state index contributed by atoms with van der Waals surface area (Å²) in [5.74, 6) is 2.31. The Bertz CT molecular complexity index is 850. The summed E-state index contributed by atoms with van der Waals surface area (Å²) in [6.45, 7) is 0.674. The van der Waals surface area contributed by atoms with E-state index in [1.807, 2.05) is 41.9 Å². The van der Waals surface area contributed by atoms with Gasteiger partial charge in [0, 0.05) is 11.5 Å². The number of thioether (sulfide) groups is 1. The maximum absolute atomic E-state index is 11.9. The molecular weight excluding hydrogens is 420 g/mol. The van der Waals surface area contributed by atoms with Crippen LogP contribution in [0.1, 0.15) is 11.6 Å². The molecule has 0 aliphatic heterocycles. The van der Waals surface area contributed by atoms with E-state index in [-0.39, 0.29) is 11.7 Å². The molecule has 2 heterocycles. The molecule has 1 aromatic carbocycles. The quantitative estimate of drug-likeness (QED) is 0.546. The van der Waals surface area contributed by atoms with E-state index in [1.165, 1.54) is 11.8 Å². The van der Waals surface area contributed by atoms with Crippen molar-refractivity contribution in [2.45, 2.75) is 18.3 Å². The number of aromatic nitrogens is 3. The third kappa shape index (κ3) is 5.12. The Hall–Kier alpha value is -2.26. The number of rotatable bonds is 8. The Balaban J connectivity index is 1.47. The third-order valence-corrected chi connectivity index (χ3v) is 5.03. The third-order valence-electron chi connectivity index (χ3n) is 3.48. The first-order valence-electron chi connectivity index (χ1n) is 7.80. The SMILES string of the molecule is Cn1c(COc2ccc(Br)cc2)nnc1SCC(=O)NCc1ccco1. The van der Waals surface area contributed by atoms with Crippen LogP contribution in [0, 0.1) is 0 Å². The molecule has 0 spiro atoms. The van der Waals surface area contributed by atoms with Crippen LogP contribution in [-0.2, 0) is 25.0 Å². The molecule has 136 valence electrons. The van der Waals surface area contributed by atoms with Gasteiger partial charge in [0.2, 0.25) is 5.91 Å². The normalized spacial score (nSPS) is 10.7. The highest BCUT2D eigenvalue weighted by Crippen LogP contribution is 2.19. The van der Waals surface area contributed by atoms with E-state index in [2.05, 4.69) is 31.4 Å². The van der Waals surface area contributed by atoms with Crippen molar-refractivity contribution in [3.8, 4) is 5.75 Å². The van der Waals surface area contributed by atoms with Crippen LogP contribution in [-0.4, -0.2) is 26.4 Å². The summed E-state index contributed by atoms with van der Waals surface area (Å²) in [6.07, 6.45) is 1.58. The number of nitrogens with zero attached hydrogens (tertiary/aromatic N) is 3. The second kappa shape index (κ2) is 8.91. The van der Waals surface area contributed by atoms with Gasteiger partial charge in [0.25, 0.3) is 0 Å². The lowest BCUT2D eigenvalue weighted by atomic mass is 10.3. The average Bonchev–Trinajstić information content (AvgIpc) is 3.28. The second-order valence-corrected chi connectivity index (χ2v) is 7.20. The topological polar surface area (TPSA) is 82.2 Å². The van der Waals surface area contributed by atoms with E-state index >= 15 is 0 Å². The molecule has 1 amide bonds. The Kier molecular flexibility index (Phi) is 6.35. The van der Waals surface area contributed by atoms with Crippen molar-refractivity contribution in [1.29, 1.82) is 0 Å². The average molecular weight is 437 g/mol. The molecule has 0 saturated heterocycles. The molecular formula is C17H17BrN4O3S. The zero-order valence-electron chi connectivity index (χ0n) is 14.0. The van der Waals surface area contributed by atoms with Crippen LogP contribution in [0.3, 0.4) is 0 Å². The van der Waals surface area contributed by atoms with E-state index in [9.17, 15) is 4.79 Å². The van der Waals surface area contributed by atoms with Gasteiger partial charge in [-0.05, 0) is 36.4 Å². The summed E-state index contributed by atoms with van der Waals surface area (Å²) in [5.41, 5.74) is 0. The van der Waals surface area contributed by atoms with Gasteiger partial charge in [-0.2, -0.15) is 0 Å². The van der Waals surface area contributed by atoms with Crippen molar-refractivity contribution in [3.63, 3.8) is 0 Å². The smallest absolute Gasteiger partial charge is 0.230 e. The van der Waals surface area contributed by atoms with Gasteiger partial charge in [-0.25, -0.2) is 0 Å². The number of amides is 1. The Morgan fingerprint density at radius 1 is 1.31 bits per heavy atom. The molecule has 0 bridgehead atoms. The van der Waals surface area contributed by atoms with Gasteiger partial charge in [-0.15, -0.1) is 10.2 Å². The largest absolute Gasteiger partial charge is 0.486 e. The molecule has 0 saturated carbocycles. The number of carbonyl (C=O) groups is 1. The fourth-order valence-electron chi connectivity index (χ4n) is 2.06. The fraction of sp³-hybridized carbons (Fsp3) is 0.235. The highest BCUT2D eigenvalue weighted by atomic mass is 79.9. The number of hydrogen-bond acceptors (Lipinski definition) is 6. The summed E-state index contributed by atoms with van der Waals surface area (Å²) >= 11 is 4.71. The minimum Gasteiger partial charge on any atom is -0.486 e. The molecule has 2 aromatic heterocycles. The van der Waals surface area contributed by atoms with Gasteiger partial charge in [0.05, 0.1) is 18.6 Å². The lowest BCUT2D eigenvalue weighted by Crippen LogP contribution is -2.24. The second-order valence-electron chi connectivity index (χ2n) is 5.35. The van der Waals surface area contributed by atoms with E-state index in [4.69, 9.17) is 9.15 Å². The molecule has 3 rings (SSSR count). The molecule has 26 heavy (non-hydrogen) atoms. The van der Waals surface area contributed by atoms with Crippen LogP contribution in [0.15, 0.2) is 56.7 Å². The highest BCUT2D eigenvalue weighted by Gasteiger charge is 2.12. The summed E-state index contributed by atoms with van der Waals surface area (Å²) < 4.78 is 13.7. The number of halogens is 1. The number of carbonyl (C=O) groups excluding carboxylic acids is 1. The predicted octanol–water partition coefficient (Wildman–Crippen LogP) is 3.16. The Morgan fingerprint density at radius 3 is 2.85 bits per heavy atom. The molecule has 0 fully saturated rings. The molecule has 0 aliphatic rings. The standard InChI is InChI=1S/C17H17BrN4O3S/c1-22-15(10-25-13-6-4-12(18)5-7-13)20-21-17(22)26-11-16(23)19-9-14-3-2-8-24-14/h2-8H,9-11H2,1H3,(H,19,23). The maximum Gasteiger partial charge on any atom is 0.230 e. The first-order chi connectivity index (χ1) is 12.6. The molecule has 0 radical (unpaired) electrons. The van der Waals surface area contributed by atoms with Crippen molar-refractivity contribution in [1.82, 2.24) is 20.1 Å². The molecule has 0 atom stereocenters. The Morgan fingerprint density at radius 2 is 2.12 bits per heavy atom. The first kappa shape index (κ1) is 18.5. The summed E-state index contributed by atoms with van der Waals surface area (Å²) in [5, 5.41) is 11.7. The molecule has 3 aromatic rings. The van der Waals surface area contributed by atoms with Crippen molar-refractivity contribution in [2.75, 3.05) is 5.75 Å². The highest BCUT2D eigenvalue weighted by molar-refractivity contribution is 9.10. The van der Waals surface area contributed by atoms with Gasteiger partial charge < -0.3 is 19.0 Å². The Labute approximate surface area is 163 Å². The van der Waals surface area contributed by atoms with Crippen molar-refractivity contribution >= 4 is 33.6 Å². The number of benzene rings is 1. The van der Waals surface area contributed by atoms with Crippen LogP contribution in [0.5, 0.6) is 5.75 Å². The van der Waals surface area contributed by atoms with Crippen molar-refractivity contribution in [2.24, 2.45) is 7.05 Å². The number of furan rings is 1. The molecule has 7 nitrogen and oxygen atoms in total. The van der Waals surface area contributed by atoms with Crippen LogP contribution < -0.4 is 10.1 Å². The predicted molar refractivity (Wildman–Crippen MR) is 101 cm³/mol. The van der Waals surface area contributed by atoms with E-state index in [0.29, 0.717) is 24.1 Å². The molecule has 9 heteroatoms. The monoisotopic (exact) mass is 436 g/mol. The van der Waals surface area contributed by atoms with Crippen LogP contribution in [0.2, 0.25) is 0 Å². The summed E-state index contributed by atoms with van der Waals surface area (Å²) in [6, 6.07) is 11.2. The molecule has 1 N–H and O–H groups in total. The van der Waals surface area contributed by atoms with E-state index in [0.717, 1.165) is 16.0 Å². The van der Waals surface area contributed by atoms with E-state index in [1.54, 1.807) is 12.3 Å². The lowest BCUT2D eigenvalue weighted by molar-refractivity contribution is -0.118. The van der Waals surface area contributed by atoms with Gasteiger partial charge in [-0.1, -0.05) is 27.7 Å². The van der Waals surface area contributed by atoms with Crippen LogP contribution >= 0.6 is 27.7 Å². The maximum atomic E-state index is 11.9. The molecule has 0 aliphatic carbocycles. The fourth-order valence-corrected chi connectivity index (χ4v) is 3.08. The lowest BCUT2D eigenvalue weighted by Gasteiger charge is -2.07. The van der Waals surface area contributed by atoms with E-state index < -0.39 is 0 Å². The van der Waals surface area contributed by atoms with Crippen LogP contribution in [0.4, 0.5) is 0 Å². The summed E-state index contributed by atoms with van der Waals surface area (Å²) in [7, 11) is 1.85. The van der Waals surface area contributed by atoms with Gasteiger partial charge >= 0.3 is 0 Å². The zero-order chi connectivity index (χ0) is 18.4. The van der Waals surface area contributed by atoms with Gasteiger partial charge in [0.15, 0.2) is 11.0 Å². The number of ether oxygens (including phenoxy) is 1. The summed E-state index contributed by atoms with van der Waals surface area (Å²) in [4.78, 5) is 11.9. The van der Waals surface area contributed by atoms with Crippen LogP contribution in [0.25, 0.3) is 0 Å².